The Balaban J connectivity index is 2.87. The summed E-state index contributed by atoms with van der Waals surface area (Å²) in [6.07, 6.45) is 0.397. The zero-order chi connectivity index (χ0) is 13.1. The summed E-state index contributed by atoms with van der Waals surface area (Å²) in [5.74, 6) is -0.826. The van der Waals surface area contributed by atoms with Crippen LogP contribution in [0.2, 0.25) is 0 Å². The number of aromatic hydroxyl groups is 1. The number of nitrogens with one attached hydrogen (secondary N) is 2. The second kappa shape index (κ2) is 5.01. The van der Waals surface area contributed by atoms with Gasteiger partial charge in [-0.2, -0.15) is 0 Å². The predicted octanol–water partition coefficient (Wildman–Crippen LogP) is -0.0287. The smallest absolute Gasteiger partial charge is 0.252 e. The first-order chi connectivity index (χ1) is 7.84. The first kappa shape index (κ1) is 13.2. The Kier molecular flexibility index (Phi) is 3.90. The number of rotatable bonds is 4. The van der Waals surface area contributed by atoms with Crippen LogP contribution in [-0.2, 0) is 0 Å². The number of aliphatic hydroxyl groups is 1. The summed E-state index contributed by atoms with van der Waals surface area (Å²) in [5.41, 5.74) is -1.04. The van der Waals surface area contributed by atoms with Crippen LogP contribution in [0.5, 0.6) is 5.88 Å². The molecule has 1 amide bonds. The maximum Gasteiger partial charge on any atom is 0.252 e. The molecule has 0 fully saturated rings. The van der Waals surface area contributed by atoms with Crippen molar-refractivity contribution in [2.45, 2.75) is 25.8 Å². The molecule has 94 valence electrons. The summed E-state index contributed by atoms with van der Waals surface area (Å²) in [7, 11) is 0. The van der Waals surface area contributed by atoms with E-state index < -0.39 is 17.0 Å². The fraction of sp³-hybridized carbons (Fsp3) is 0.455. The molecule has 0 aromatic carbocycles. The standard InChI is InChI=1S/C11H16N2O4/c1-11(2,3-4-14)13-10(17)7-5-8(15)12-9(16)6-7/h5-6,14H,3-4H2,1-2H3,(H,13,17)(H2,12,15,16). The zero-order valence-electron chi connectivity index (χ0n) is 9.78. The van der Waals surface area contributed by atoms with Crippen LogP contribution in [0.15, 0.2) is 16.9 Å². The number of pyridine rings is 1. The fourth-order valence-electron chi connectivity index (χ4n) is 1.38. The van der Waals surface area contributed by atoms with Crippen molar-refractivity contribution in [1.29, 1.82) is 0 Å². The Hall–Kier alpha value is -1.82. The fourth-order valence-corrected chi connectivity index (χ4v) is 1.38. The number of aliphatic hydroxyl groups excluding tert-OH is 1. The Bertz CT molecular complexity index is 465. The Labute approximate surface area is 98.3 Å². The monoisotopic (exact) mass is 240 g/mol. The van der Waals surface area contributed by atoms with Crippen LogP contribution in [0.25, 0.3) is 0 Å². The van der Waals surface area contributed by atoms with E-state index in [1.54, 1.807) is 13.8 Å². The van der Waals surface area contributed by atoms with Gasteiger partial charge in [0.15, 0.2) is 5.88 Å². The van der Waals surface area contributed by atoms with E-state index in [9.17, 15) is 9.59 Å². The minimum Gasteiger partial charge on any atom is -0.494 e. The normalized spacial score (nSPS) is 11.2. The van der Waals surface area contributed by atoms with E-state index in [1.165, 1.54) is 6.07 Å². The highest BCUT2D eigenvalue weighted by atomic mass is 16.3. The second-order valence-corrected chi connectivity index (χ2v) is 4.43. The van der Waals surface area contributed by atoms with Gasteiger partial charge in [0.2, 0.25) is 0 Å². The van der Waals surface area contributed by atoms with Crippen LogP contribution < -0.4 is 10.9 Å². The summed E-state index contributed by atoms with van der Waals surface area (Å²) in [5, 5.41) is 20.7. The lowest BCUT2D eigenvalue weighted by atomic mass is 10.0. The average molecular weight is 240 g/mol. The van der Waals surface area contributed by atoms with E-state index in [1.807, 2.05) is 0 Å². The third kappa shape index (κ3) is 3.92. The van der Waals surface area contributed by atoms with E-state index >= 15 is 0 Å². The number of amides is 1. The van der Waals surface area contributed by atoms with Gasteiger partial charge in [0, 0.05) is 24.3 Å². The molecule has 1 rings (SSSR count). The van der Waals surface area contributed by atoms with Crippen molar-refractivity contribution in [2.24, 2.45) is 0 Å². The third-order valence-corrected chi connectivity index (χ3v) is 2.28. The van der Waals surface area contributed by atoms with Crippen LogP contribution in [0.1, 0.15) is 30.6 Å². The Morgan fingerprint density at radius 1 is 1.47 bits per heavy atom. The molecule has 0 saturated carbocycles. The summed E-state index contributed by atoms with van der Waals surface area (Å²) in [6, 6.07) is 2.27. The largest absolute Gasteiger partial charge is 0.494 e. The first-order valence-electron chi connectivity index (χ1n) is 5.21. The highest BCUT2D eigenvalue weighted by Gasteiger charge is 2.20. The van der Waals surface area contributed by atoms with E-state index in [0.29, 0.717) is 6.42 Å². The molecule has 0 bridgehead atoms. The molecule has 17 heavy (non-hydrogen) atoms. The number of aromatic nitrogens is 1. The van der Waals surface area contributed by atoms with Crippen molar-refractivity contribution in [1.82, 2.24) is 10.3 Å². The van der Waals surface area contributed by atoms with E-state index in [2.05, 4.69) is 10.3 Å². The molecule has 1 heterocycles. The van der Waals surface area contributed by atoms with Gasteiger partial charge in [0.05, 0.1) is 5.56 Å². The molecule has 1 aromatic heterocycles. The van der Waals surface area contributed by atoms with Crippen LogP contribution in [0.3, 0.4) is 0 Å². The second-order valence-electron chi connectivity index (χ2n) is 4.43. The molecule has 0 aliphatic rings. The Morgan fingerprint density at radius 2 is 2.12 bits per heavy atom. The van der Waals surface area contributed by atoms with E-state index in [0.717, 1.165) is 6.07 Å². The van der Waals surface area contributed by atoms with Crippen molar-refractivity contribution in [3.05, 3.63) is 28.0 Å². The molecular weight excluding hydrogens is 224 g/mol. The lowest BCUT2D eigenvalue weighted by molar-refractivity contribution is 0.0898. The first-order valence-corrected chi connectivity index (χ1v) is 5.21. The third-order valence-electron chi connectivity index (χ3n) is 2.28. The van der Waals surface area contributed by atoms with Crippen molar-refractivity contribution in [3.8, 4) is 5.88 Å². The minimum atomic E-state index is -0.579. The van der Waals surface area contributed by atoms with Gasteiger partial charge in [-0.05, 0) is 20.3 Å². The number of carbonyl (C=O) groups excluding carboxylic acids is 1. The summed E-state index contributed by atoms with van der Waals surface area (Å²) in [4.78, 5) is 25.0. The molecule has 0 aliphatic carbocycles. The van der Waals surface area contributed by atoms with Gasteiger partial charge in [-0.15, -0.1) is 0 Å². The average Bonchev–Trinajstić information content (AvgIpc) is 2.14. The summed E-state index contributed by atoms with van der Waals surface area (Å²) < 4.78 is 0. The molecule has 6 heteroatoms. The SMILES string of the molecule is CC(C)(CCO)NC(=O)c1cc(O)[nH]c(=O)c1. The highest BCUT2D eigenvalue weighted by Crippen LogP contribution is 2.10. The van der Waals surface area contributed by atoms with Crippen LogP contribution >= 0.6 is 0 Å². The number of hydrogen-bond acceptors (Lipinski definition) is 4. The minimum absolute atomic E-state index is 0.0477. The van der Waals surface area contributed by atoms with Gasteiger partial charge >= 0.3 is 0 Å². The number of H-pyrrole nitrogens is 1. The van der Waals surface area contributed by atoms with Gasteiger partial charge in [-0.3, -0.25) is 14.6 Å². The van der Waals surface area contributed by atoms with Gasteiger partial charge in [-0.25, -0.2) is 0 Å². The summed E-state index contributed by atoms with van der Waals surface area (Å²) >= 11 is 0. The maximum absolute atomic E-state index is 11.8. The van der Waals surface area contributed by atoms with Crippen molar-refractivity contribution < 1.29 is 15.0 Å². The lowest BCUT2D eigenvalue weighted by Crippen LogP contribution is -2.44. The molecule has 0 aliphatic heterocycles. The molecule has 0 unspecified atom stereocenters. The molecule has 0 saturated heterocycles. The molecule has 1 aromatic rings. The zero-order valence-corrected chi connectivity index (χ0v) is 9.78. The molecular formula is C11H16N2O4. The van der Waals surface area contributed by atoms with Crippen molar-refractivity contribution in [3.63, 3.8) is 0 Å². The number of aromatic amines is 1. The van der Waals surface area contributed by atoms with E-state index in [-0.39, 0.29) is 18.1 Å². The molecule has 0 radical (unpaired) electrons. The Morgan fingerprint density at radius 3 is 2.65 bits per heavy atom. The molecule has 0 spiro atoms. The molecule has 6 nitrogen and oxygen atoms in total. The number of carbonyl (C=O) groups is 1. The highest BCUT2D eigenvalue weighted by molar-refractivity contribution is 5.94. The van der Waals surface area contributed by atoms with Crippen LogP contribution in [0, 0.1) is 0 Å². The van der Waals surface area contributed by atoms with Crippen LogP contribution in [-0.4, -0.2) is 33.3 Å². The lowest BCUT2D eigenvalue weighted by Gasteiger charge is -2.25. The van der Waals surface area contributed by atoms with Crippen molar-refractivity contribution in [2.75, 3.05) is 6.61 Å². The van der Waals surface area contributed by atoms with Gasteiger partial charge < -0.3 is 15.5 Å². The molecule has 4 N–H and O–H groups in total. The van der Waals surface area contributed by atoms with Gasteiger partial charge in [-0.1, -0.05) is 0 Å². The maximum atomic E-state index is 11.8. The molecule has 0 atom stereocenters. The van der Waals surface area contributed by atoms with E-state index in [4.69, 9.17) is 10.2 Å². The van der Waals surface area contributed by atoms with Gasteiger partial charge in [0.25, 0.3) is 11.5 Å². The number of hydrogen-bond donors (Lipinski definition) is 4. The predicted molar refractivity (Wildman–Crippen MR) is 62.0 cm³/mol. The topological polar surface area (TPSA) is 102 Å². The van der Waals surface area contributed by atoms with Gasteiger partial charge in [0.1, 0.15) is 0 Å². The van der Waals surface area contributed by atoms with Crippen LogP contribution in [0.4, 0.5) is 0 Å². The van der Waals surface area contributed by atoms with Crippen molar-refractivity contribution >= 4 is 5.91 Å². The summed E-state index contributed by atoms with van der Waals surface area (Å²) in [6.45, 7) is 3.47. The quantitative estimate of drug-likeness (QED) is 0.593.